The van der Waals surface area contributed by atoms with Crippen molar-refractivity contribution in [2.24, 2.45) is 0 Å². The summed E-state index contributed by atoms with van der Waals surface area (Å²) in [5, 5.41) is 0.684. The fourth-order valence-corrected chi connectivity index (χ4v) is 3.28. The maximum atomic E-state index is 12.5. The Bertz CT molecular complexity index is 737. The standard InChI is InChI=1S/C18H17ClO3/c1-18(11-4-6-12(19)7-5-11)10-15(20)13-8-16(21-2)17(22-3)9-14(13)18/h4-9H,10H2,1-3H3. The van der Waals surface area contributed by atoms with Crippen molar-refractivity contribution in [3.05, 3.63) is 58.1 Å². The predicted molar refractivity (Wildman–Crippen MR) is 86.4 cm³/mol. The molecule has 1 aliphatic carbocycles. The molecule has 114 valence electrons. The Labute approximate surface area is 134 Å². The fourth-order valence-electron chi connectivity index (χ4n) is 3.15. The summed E-state index contributed by atoms with van der Waals surface area (Å²) in [5.74, 6) is 1.33. The molecule has 2 aromatic rings. The number of ether oxygens (including phenoxy) is 2. The molecule has 0 saturated carbocycles. The van der Waals surface area contributed by atoms with E-state index in [1.807, 2.05) is 30.3 Å². The lowest BCUT2D eigenvalue weighted by atomic mass is 9.77. The van der Waals surface area contributed by atoms with E-state index in [9.17, 15) is 4.79 Å². The van der Waals surface area contributed by atoms with Gasteiger partial charge in [-0.1, -0.05) is 30.7 Å². The first-order valence-corrected chi connectivity index (χ1v) is 7.43. The largest absolute Gasteiger partial charge is 0.493 e. The van der Waals surface area contributed by atoms with Crippen molar-refractivity contribution in [1.82, 2.24) is 0 Å². The van der Waals surface area contributed by atoms with E-state index in [1.54, 1.807) is 20.3 Å². The zero-order chi connectivity index (χ0) is 15.9. The minimum atomic E-state index is -0.378. The molecule has 3 rings (SSSR count). The highest BCUT2D eigenvalue weighted by Crippen LogP contribution is 2.47. The van der Waals surface area contributed by atoms with Gasteiger partial charge in [-0.3, -0.25) is 4.79 Å². The van der Waals surface area contributed by atoms with Gasteiger partial charge in [0.25, 0.3) is 0 Å². The van der Waals surface area contributed by atoms with Crippen LogP contribution in [0.4, 0.5) is 0 Å². The summed E-state index contributed by atoms with van der Waals surface area (Å²) in [5.41, 5.74) is 2.36. The van der Waals surface area contributed by atoms with Crippen LogP contribution in [0.25, 0.3) is 0 Å². The minimum absolute atomic E-state index is 0.119. The molecule has 1 unspecified atom stereocenters. The Hall–Kier alpha value is -2.00. The molecule has 1 aliphatic rings. The molecule has 0 saturated heterocycles. The Morgan fingerprint density at radius 2 is 1.64 bits per heavy atom. The molecule has 0 fully saturated rings. The van der Waals surface area contributed by atoms with Gasteiger partial charge in [0.05, 0.1) is 14.2 Å². The lowest BCUT2D eigenvalue weighted by Gasteiger charge is -2.26. The quantitative estimate of drug-likeness (QED) is 0.849. The first-order chi connectivity index (χ1) is 10.5. The van der Waals surface area contributed by atoms with Gasteiger partial charge in [0.15, 0.2) is 17.3 Å². The van der Waals surface area contributed by atoms with Crippen molar-refractivity contribution >= 4 is 17.4 Å². The Balaban J connectivity index is 2.19. The molecule has 0 bridgehead atoms. The average molecular weight is 317 g/mol. The van der Waals surface area contributed by atoms with Crippen molar-refractivity contribution < 1.29 is 14.3 Å². The molecule has 0 radical (unpaired) electrons. The van der Waals surface area contributed by atoms with Gasteiger partial charge in [0.2, 0.25) is 0 Å². The summed E-state index contributed by atoms with van der Waals surface area (Å²) in [4.78, 5) is 12.5. The van der Waals surface area contributed by atoms with E-state index in [0.29, 0.717) is 28.5 Å². The number of methoxy groups -OCH3 is 2. The highest BCUT2D eigenvalue weighted by Gasteiger charge is 2.41. The van der Waals surface area contributed by atoms with E-state index in [0.717, 1.165) is 11.1 Å². The zero-order valence-electron chi connectivity index (χ0n) is 12.8. The molecule has 0 spiro atoms. The van der Waals surface area contributed by atoms with Crippen LogP contribution in [0.1, 0.15) is 34.8 Å². The zero-order valence-corrected chi connectivity index (χ0v) is 13.5. The maximum absolute atomic E-state index is 12.5. The SMILES string of the molecule is COc1cc2c(cc1OC)C(C)(c1ccc(Cl)cc1)CC2=O. The molecular formula is C18H17ClO3. The second kappa shape index (κ2) is 5.33. The van der Waals surface area contributed by atoms with Crippen molar-refractivity contribution in [3.63, 3.8) is 0 Å². The van der Waals surface area contributed by atoms with Gasteiger partial charge in [-0.25, -0.2) is 0 Å². The van der Waals surface area contributed by atoms with E-state index < -0.39 is 0 Å². The number of hydrogen-bond acceptors (Lipinski definition) is 3. The monoisotopic (exact) mass is 316 g/mol. The summed E-state index contributed by atoms with van der Waals surface area (Å²) < 4.78 is 10.7. The highest BCUT2D eigenvalue weighted by molar-refractivity contribution is 6.30. The van der Waals surface area contributed by atoms with E-state index in [4.69, 9.17) is 21.1 Å². The lowest BCUT2D eigenvalue weighted by Crippen LogP contribution is -2.20. The van der Waals surface area contributed by atoms with E-state index >= 15 is 0 Å². The van der Waals surface area contributed by atoms with Crippen LogP contribution in [0.2, 0.25) is 5.02 Å². The Morgan fingerprint density at radius 3 is 2.23 bits per heavy atom. The van der Waals surface area contributed by atoms with Crippen molar-refractivity contribution in [2.45, 2.75) is 18.8 Å². The topological polar surface area (TPSA) is 35.5 Å². The van der Waals surface area contributed by atoms with Crippen molar-refractivity contribution in [3.8, 4) is 11.5 Å². The molecule has 22 heavy (non-hydrogen) atoms. The number of Topliss-reactive ketones (excluding diaryl/α,β-unsaturated/α-hetero) is 1. The average Bonchev–Trinajstić information content (AvgIpc) is 2.78. The van der Waals surface area contributed by atoms with Crippen LogP contribution >= 0.6 is 11.6 Å². The molecule has 4 heteroatoms. The number of ketones is 1. The van der Waals surface area contributed by atoms with Gasteiger partial charge < -0.3 is 9.47 Å². The maximum Gasteiger partial charge on any atom is 0.164 e. The third-order valence-corrected chi connectivity index (χ3v) is 4.67. The number of carbonyl (C=O) groups excluding carboxylic acids is 1. The first-order valence-electron chi connectivity index (χ1n) is 7.05. The van der Waals surface area contributed by atoms with Crippen LogP contribution in [0.3, 0.4) is 0 Å². The number of halogens is 1. The highest BCUT2D eigenvalue weighted by atomic mass is 35.5. The Morgan fingerprint density at radius 1 is 1.05 bits per heavy atom. The van der Waals surface area contributed by atoms with E-state index in [-0.39, 0.29) is 11.2 Å². The summed E-state index contributed by atoms with van der Waals surface area (Å²) in [6.07, 6.45) is 0.431. The van der Waals surface area contributed by atoms with Crippen molar-refractivity contribution in [1.29, 1.82) is 0 Å². The molecule has 2 aromatic carbocycles. The number of hydrogen-bond donors (Lipinski definition) is 0. The molecule has 0 aliphatic heterocycles. The smallest absolute Gasteiger partial charge is 0.164 e. The van der Waals surface area contributed by atoms with Gasteiger partial charge in [-0.2, -0.15) is 0 Å². The molecule has 1 atom stereocenters. The van der Waals surface area contributed by atoms with Crippen LogP contribution < -0.4 is 9.47 Å². The third-order valence-electron chi connectivity index (χ3n) is 4.41. The summed E-state index contributed by atoms with van der Waals surface area (Å²) >= 11 is 5.98. The summed E-state index contributed by atoms with van der Waals surface area (Å²) in [6, 6.07) is 11.3. The van der Waals surface area contributed by atoms with Gasteiger partial charge >= 0.3 is 0 Å². The lowest BCUT2D eigenvalue weighted by molar-refractivity contribution is 0.0982. The first kappa shape index (κ1) is 14.9. The van der Waals surface area contributed by atoms with Gasteiger partial charge in [0.1, 0.15) is 0 Å². The fraction of sp³-hybridized carbons (Fsp3) is 0.278. The van der Waals surface area contributed by atoms with Crippen LogP contribution in [-0.4, -0.2) is 20.0 Å². The molecule has 0 heterocycles. The number of benzene rings is 2. The van der Waals surface area contributed by atoms with Crippen molar-refractivity contribution in [2.75, 3.05) is 14.2 Å². The molecule has 0 aromatic heterocycles. The van der Waals surface area contributed by atoms with Crippen LogP contribution in [0, 0.1) is 0 Å². The summed E-state index contributed by atoms with van der Waals surface area (Å²) in [7, 11) is 3.17. The normalized spacial score (nSPS) is 19.9. The predicted octanol–water partition coefficient (Wildman–Crippen LogP) is 4.25. The number of fused-ring (bicyclic) bond motifs is 1. The minimum Gasteiger partial charge on any atom is -0.493 e. The van der Waals surface area contributed by atoms with E-state index in [1.165, 1.54) is 0 Å². The van der Waals surface area contributed by atoms with Crippen LogP contribution in [-0.2, 0) is 5.41 Å². The molecule has 0 N–H and O–H groups in total. The molecule has 3 nitrogen and oxygen atoms in total. The van der Waals surface area contributed by atoms with Crippen LogP contribution in [0.15, 0.2) is 36.4 Å². The van der Waals surface area contributed by atoms with Gasteiger partial charge in [0, 0.05) is 22.4 Å². The number of carbonyl (C=O) groups is 1. The van der Waals surface area contributed by atoms with Gasteiger partial charge in [-0.05, 0) is 35.4 Å². The molecular weight excluding hydrogens is 300 g/mol. The second-order valence-electron chi connectivity index (χ2n) is 5.69. The second-order valence-corrected chi connectivity index (χ2v) is 6.13. The Kier molecular flexibility index (Phi) is 3.61. The van der Waals surface area contributed by atoms with Crippen LogP contribution in [0.5, 0.6) is 11.5 Å². The number of rotatable bonds is 3. The van der Waals surface area contributed by atoms with E-state index in [2.05, 4.69) is 6.92 Å². The summed E-state index contributed by atoms with van der Waals surface area (Å²) in [6.45, 7) is 2.08. The molecule has 0 amide bonds. The van der Waals surface area contributed by atoms with Gasteiger partial charge in [-0.15, -0.1) is 0 Å². The third kappa shape index (κ3) is 2.17.